The van der Waals surface area contributed by atoms with Gasteiger partial charge in [0.2, 0.25) is 5.91 Å². The van der Waals surface area contributed by atoms with Gasteiger partial charge in [-0.15, -0.1) is 0 Å². The number of ether oxygens (including phenoxy) is 1. The maximum absolute atomic E-state index is 12.2. The van der Waals surface area contributed by atoms with Crippen LogP contribution in [0.5, 0.6) is 0 Å². The lowest BCUT2D eigenvalue weighted by molar-refractivity contribution is -0.111. The summed E-state index contributed by atoms with van der Waals surface area (Å²) in [5.41, 5.74) is 5.56. The second-order valence-corrected chi connectivity index (χ2v) is 7.08. The van der Waals surface area contributed by atoms with E-state index in [-0.39, 0.29) is 5.91 Å². The van der Waals surface area contributed by atoms with E-state index in [9.17, 15) is 4.79 Å². The summed E-state index contributed by atoms with van der Waals surface area (Å²) in [6, 6.07) is 14.3. The molecule has 1 fully saturated rings. The average molecular weight is 364 g/mol. The average Bonchev–Trinajstić information content (AvgIpc) is 2.67. The first kappa shape index (κ1) is 19.3. The van der Waals surface area contributed by atoms with Gasteiger partial charge < -0.3 is 10.1 Å². The molecule has 1 saturated heterocycles. The molecule has 0 spiro atoms. The molecule has 0 unspecified atom stereocenters. The molecular weight excluding hydrogens is 336 g/mol. The van der Waals surface area contributed by atoms with E-state index in [1.54, 1.807) is 6.08 Å². The van der Waals surface area contributed by atoms with Gasteiger partial charge in [0.05, 0.1) is 13.2 Å². The minimum atomic E-state index is -0.115. The Morgan fingerprint density at radius 1 is 1.11 bits per heavy atom. The number of carbonyl (C=O) groups is 1. The van der Waals surface area contributed by atoms with Crippen molar-refractivity contribution in [2.45, 2.75) is 20.3 Å². The lowest BCUT2D eigenvalue weighted by atomic mass is 10.1. The van der Waals surface area contributed by atoms with Crippen molar-refractivity contribution in [3.8, 4) is 0 Å². The molecule has 3 rings (SSSR count). The van der Waals surface area contributed by atoms with Gasteiger partial charge in [-0.3, -0.25) is 9.69 Å². The molecule has 1 heterocycles. The fourth-order valence-electron chi connectivity index (χ4n) is 3.23. The highest BCUT2D eigenvalue weighted by molar-refractivity contribution is 6.02. The van der Waals surface area contributed by atoms with Crippen LogP contribution in [-0.4, -0.2) is 43.7 Å². The van der Waals surface area contributed by atoms with Crippen LogP contribution in [0.2, 0.25) is 0 Å². The van der Waals surface area contributed by atoms with E-state index in [0.29, 0.717) is 0 Å². The van der Waals surface area contributed by atoms with Crippen molar-refractivity contribution in [2.75, 3.05) is 38.2 Å². The van der Waals surface area contributed by atoms with Crippen molar-refractivity contribution in [1.82, 2.24) is 4.90 Å². The Kier molecular flexibility index (Phi) is 6.80. The molecule has 0 saturated carbocycles. The van der Waals surface area contributed by atoms with Gasteiger partial charge in [-0.2, -0.15) is 0 Å². The largest absolute Gasteiger partial charge is 0.379 e. The SMILES string of the molecule is Cc1ccc(/C=C/C(=O)Nc2ccc(CCN3CCOCC3)cc2)c(C)c1. The third-order valence-electron chi connectivity index (χ3n) is 4.88. The van der Waals surface area contributed by atoms with E-state index >= 15 is 0 Å². The van der Waals surface area contributed by atoms with Crippen LogP contribution in [0.1, 0.15) is 22.3 Å². The Morgan fingerprint density at radius 3 is 2.56 bits per heavy atom. The number of benzene rings is 2. The number of rotatable bonds is 6. The second kappa shape index (κ2) is 9.49. The fraction of sp³-hybridized carbons (Fsp3) is 0.348. The molecule has 0 bridgehead atoms. The zero-order valence-corrected chi connectivity index (χ0v) is 16.2. The molecule has 1 aliphatic heterocycles. The van der Waals surface area contributed by atoms with E-state index < -0.39 is 0 Å². The Hall–Kier alpha value is -2.43. The highest BCUT2D eigenvalue weighted by Crippen LogP contribution is 2.14. The molecule has 0 atom stereocenters. The van der Waals surface area contributed by atoms with E-state index in [1.807, 2.05) is 24.3 Å². The molecule has 1 amide bonds. The Bertz CT molecular complexity index is 791. The minimum absolute atomic E-state index is 0.115. The van der Waals surface area contributed by atoms with Crippen molar-refractivity contribution in [3.05, 3.63) is 70.8 Å². The van der Waals surface area contributed by atoms with Gasteiger partial charge in [-0.1, -0.05) is 35.9 Å². The first-order chi connectivity index (χ1) is 13.1. The van der Waals surface area contributed by atoms with Gasteiger partial charge in [-0.25, -0.2) is 0 Å². The summed E-state index contributed by atoms with van der Waals surface area (Å²) in [7, 11) is 0. The van der Waals surface area contributed by atoms with Crippen molar-refractivity contribution in [2.24, 2.45) is 0 Å². The van der Waals surface area contributed by atoms with Crippen LogP contribution >= 0.6 is 0 Å². The van der Waals surface area contributed by atoms with Crippen LogP contribution < -0.4 is 5.32 Å². The Morgan fingerprint density at radius 2 is 1.85 bits per heavy atom. The first-order valence-electron chi connectivity index (χ1n) is 9.55. The molecule has 2 aromatic rings. The molecule has 0 radical (unpaired) electrons. The molecule has 0 aliphatic carbocycles. The highest BCUT2D eigenvalue weighted by Gasteiger charge is 2.09. The topological polar surface area (TPSA) is 41.6 Å². The highest BCUT2D eigenvalue weighted by atomic mass is 16.5. The number of nitrogens with zero attached hydrogens (tertiary/aromatic N) is 1. The van der Waals surface area contributed by atoms with Crippen LogP contribution in [0.25, 0.3) is 6.08 Å². The summed E-state index contributed by atoms with van der Waals surface area (Å²) in [5, 5.41) is 2.92. The maximum Gasteiger partial charge on any atom is 0.248 e. The number of morpholine rings is 1. The first-order valence-corrected chi connectivity index (χ1v) is 9.55. The summed E-state index contributed by atoms with van der Waals surface area (Å²) in [5.74, 6) is -0.115. The van der Waals surface area contributed by atoms with Crippen molar-refractivity contribution < 1.29 is 9.53 Å². The summed E-state index contributed by atoms with van der Waals surface area (Å²) in [4.78, 5) is 14.6. The maximum atomic E-state index is 12.2. The lowest BCUT2D eigenvalue weighted by Gasteiger charge is -2.26. The zero-order valence-electron chi connectivity index (χ0n) is 16.2. The molecule has 1 aliphatic rings. The van der Waals surface area contributed by atoms with Gasteiger partial charge in [0.25, 0.3) is 0 Å². The van der Waals surface area contributed by atoms with Gasteiger partial charge >= 0.3 is 0 Å². The molecule has 2 aromatic carbocycles. The van der Waals surface area contributed by atoms with Crippen LogP contribution in [0.15, 0.2) is 48.5 Å². The normalized spacial score (nSPS) is 15.2. The minimum Gasteiger partial charge on any atom is -0.379 e. The second-order valence-electron chi connectivity index (χ2n) is 7.08. The molecule has 4 heteroatoms. The number of nitrogens with one attached hydrogen (secondary N) is 1. The molecule has 4 nitrogen and oxygen atoms in total. The predicted molar refractivity (Wildman–Crippen MR) is 111 cm³/mol. The number of carbonyl (C=O) groups excluding carboxylic acids is 1. The van der Waals surface area contributed by atoms with Crippen molar-refractivity contribution >= 4 is 17.7 Å². The van der Waals surface area contributed by atoms with Gasteiger partial charge in [0, 0.05) is 31.4 Å². The summed E-state index contributed by atoms with van der Waals surface area (Å²) < 4.78 is 5.38. The van der Waals surface area contributed by atoms with Crippen LogP contribution in [0.4, 0.5) is 5.69 Å². The number of amides is 1. The van der Waals surface area contributed by atoms with E-state index in [4.69, 9.17) is 4.74 Å². The van der Waals surface area contributed by atoms with Gasteiger partial charge in [0.1, 0.15) is 0 Å². The van der Waals surface area contributed by atoms with Crippen LogP contribution in [0.3, 0.4) is 0 Å². The number of anilines is 1. The van der Waals surface area contributed by atoms with Crippen molar-refractivity contribution in [3.63, 3.8) is 0 Å². The summed E-state index contributed by atoms with van der Waals surface area (Å²) in [6.45, 7) is 8.87. The molecule has 1 N–H and O–H groups in total. The Labute approximate surface area is 161 Å². The number of aryl methyl sites for hydroxylation is 2. The molecule has 27 heavy (non-hydrogen) atoms. The standard InChI is InChI=1S/C23H28N2O2/c1-18-3-6-21(19(2)17-18)7-10-23(26)24-22-8-4-20(5-9-22)11-12-25-13-15-27-16-14-25/h3-10,17H,11-16H2,1-2H3,(H,24,26)/b10-7+. The number of hydrogen-bond donors (Lipinski definition) is 1. The van der Waals surface area contributed by atoms with E-state index in [1.165, 1.54) is 16.7 Å². The number of hydrogen-bond acceptors (Lipinski definition) is 3. The predicted octanol–water partition coefficient (Wildman–Crippen LogP) is 3.83. The fourth-order valence-corrected chi connectivity index (χ4v) is 3.23. The lowest BCUT2D eigenvalue weighted by Crippen LogP contribution is -2.37. The molecule has 0 aromatic heterocycles. The summed E-state index contributed by atoms with van der Waals surface area (Å²) in [6.07, 6.45) is 4.46. The van der Waals surface area contributed by atoms with Crippen molar-refractivity contribution in [1.29, 1.82) is 0 Å². The van der Waals surface area contributed by atoms with Crippen LogP contribution in [0, 0.1) is 13.8 Å². The smallest absolute Gasteiger partial charge is 0.248 e. The van der Waals surface area contributed by atoms with E-state index in [2.05, 4.69) is 48.3 Å². The van der Waals surface area contributed by atoms with Gasteiger partial charge in [-0.05, 0) is 55.2 Å². The third-order valence-corrected chi connectivity index (χ3v) is 4.88. The monoisotopic (exact) mass is 364 g/mol. The molecular formula is C23H28N2O2. The zero-order chi connectivity index (χ0) is 19.1. The molecule has 142 valence electrons. The van der Waals surface area contributed by atoms with E-state index in [0.717, 1.165) is 50.5 Å². The quantitative estimate of drug-likeness (QED) is 0.792. The Balaban J connectivity index is 1.49. The summed E-state index contributed by atoms with van der Waals surface area (Å²) >= 11 is 0. The van der Waals surface area contributed by atoms with Gasteiger partial charge in [0.15, 0.2) is 0 Å². The van der Waals surface area contributed by atoms with Crippen LogP contribution in [-0.2, 0) is 16.0 Å². The third kappa shape index (κ3) is 6.05.